The number of benzene rings is 1. The number of para-hydroxylation sites is 1. The fourth-order valence-corrected chi connectivity index (χ4v) is 3.35. The Balaban J connectivity index is 1.48. The number of methoxy groups -OCH3 is 1. The van der Waals surface area contributed by atoms with Gasteiger partial charge in [-0.25, -0.2) is 0 Å². The molecule has 1 aliphatic heterocycles. The Morgan fingerprint density at radius 2 is 2.28 bits per heavy atom. The Hall–Kier alpha value is -2.34. The van der Waals surface area contributed by atoms with Gasteiger partial charge in [0.1, 0.15) is 17.2 Å². The summed E-state index contributed by atoms with van der Waals surface area (Å²) >= 11 is 0. The molecular formula is C19H25N3O3. The summed E-state index contributed by atoms with van der Waals surface area (Å²) in [6, 6.07) is 9.98. The van der Waals surface area contributed by atoms with E-state index in [1.807, 2.05) is 37.3 Å². The average Bonchev–Trinajstić information content (AvgIpc) is 3.26. The zero-order valence-electron chi connectivity index (χ0n) is 14.8. The van der Waals surface area contributed by atoms with Crippen LogP contribution in [0.25, 0.3) is 0 Å². The van der Waals surface area contributed by atoms with Crippen molar-refractivity contribution in [2.24, 2.45) is 0 Å². The van der Waals surface area contributed by atoms with E-state index in [1.54, 1.807) is 7.11 Å². The summed E-state index contributed by atoms with van der Waals surface area (Å²) in [6.45, 7) is 4.11. The monoisotopic (exact) mass is 343 g/mol. The minimum absolute atomic E-state index is 0.0490. The topological polar surface area (TPSA) is 67.6 Å². The van der Waals surface area contributed by atoms with E-state index < -0.39 is 0 Å². The third kappa shape index (κ3) is 4.39. The van der Waals surface area contributed by atoms with Gasteiger partial charge in [-0.05, 0) is 32.4 Å². The highest BCUT2D eigenvalue weighted by molar-refractivity contribution is 5.76. The number of amides is 1. The molecule has 6 heteroatoms. The van der Waals surface area contributed by atoms with E-state index in [1.165, 1.54) is 0 Å². The molecule has 134 valence electrons. The number of rotatable bonds is 7. The molecule has 1 atom stereocenters. The summed E-state index contributed by atoms with van der Waals surface area (Å²) < 4.78 is 10.5. The van der Waals surface area contributed by atoms with Crippen molar-refractivity contribution < 1.29 is 14.1 Å². The van der Waals surface area contributed by atoms with Crippen molar-refractivity contribution in [2.75, 3.05) is 20.2 Å². The second-order valence-electron chi connectivity index (χ2n) is 6.39. The highest BCUT2D eigenvalue weighted by atomic mass is 16.5. The van der Waals surface area contributed by atoms with Crippen LogP contribution in [0.15, 0.2) is 34.9 Å². The van der Waals surface area contributed by atoms with Crippen molar-refractivity contribution in [1.82, 2.24) is 15.4 Å². The van der Waals surface area contributed by atoms with Gasteiger partial charge in [0.15, 0.2) is 0 Å². The van der Waals surface area contributed by atoms with E-state index in [2.05, 4.69) is 15.4 Å². The van der Waals surface area contributed by atoms with Gasteiger partial charge in [-0.3, -0.25) is 9.69 Å². The van der Waals surface area contributed by atoms with Gasteiger partial charge in [0.2, 0.25) is 5.91 Å². The van der Waals surface area contributed by atoms with Crippen molar-refractivity contribution >= 4 is 5.91 Å². The lowest BCUT2D eigenvalue weighted by Gasteiger charge is -2.22. The van der Waals surface area contributed by atoms with E-state index in [9.17, 15) is 4.79 Å². The molecule has 0 saturated carbocycles. The summed E-state index contributed by atoms with van der Waals surface area (Å²) in [5.74, 6) is 1.67. The number of hydrogen-bond donors (Lipinski definition) is 1. The molecule has 2 heterocycles. The molecule has 1 aromatic carbocycles. The van der Waals surface area contributed by atoms with Gasteiger partial charge in [0.05, 0.1) is 13.2 Å². The van der Waals surface area contributed by atoms with Crippen molar-refractivity contribution in [3.8, 4) is 5.75 Å². The van der Waals surface area contributed by atoms with E-state index in [-0.39, 0.29) is 11.9 Å². The van der Waals surface area contributed by atoms with Crippen molar-refractivity contribution in [2.45, 2.75) is 38.8 Å². The largest absolute Gasteiger partial charge is 0.496 e. The highest BCUT2D eigenvalue weighted by Gasteiger charge is 2.28. The minimum atomic E-state index is 0.0490. The lowest BCUT2D eigenvalue weighted by molar-refractivity contribution is -0.121. The first kappa shape index (κ1) is 17.5. The molecule has 1 fully saturated rings. The van der Waals surface area contributed by atoms with E-state index in [0.717, 1.165) is 48.7 Å². The zero-order chi connectivity index (χ0) is 17.6. The van der Waals surface area contributed by atoms with Crippen LogP contribution in [0.4, 0.5) is 0 Å². The van der Waals surface area contributed by atoms with E-state index in [0.29, 0.717) is 13.0 Å². The summed E-state index contributed by atoms with van der Waals surface area (Å²) in [4.78, 5) is 14.5. The third-order valence-corrected chi connectivity index (χ3v) is 4.65. The molecule has 6 nitrogen and oxygen atoms in total. The van der Waals surface area contributed by atoms with E-state index in [4.69, 9.17) is 9.26 Å². The summed E-state index contributed by atoms with van der Waals surface area (Å²) in [5, 5.41) is 7.12. The van der Waals surface area contributed by atoms with Crippen LogP contribution in [-0.4, -0.2) is 36.2 Å². The number of ether oxygens (including phenoxy) is 1. The first-order valence-electron chi connectivity index (χ1n) is 8.73. The second kappa shape index (κ2) is 8.16. The van der Waals surface area contributed by atoms with Crippen LogP contribution < -0.4 is 10.1 Å². The second-order valence-corrected chi connectivity index (χ2v) is 6.39. The molecule has 0 radical (unpaired) electrons. The minimum Gasteiger partial charge on any atom is -0.496 e. The van der Waals surface area contributed by atoms with Crippen LogP contribution in [0.3, 0.4) is 0 Å². The van der Waals surface area contributed by atoms with Gasteiger partial charge >= 0.3 is 0 Å². The normalized spacial score (nSPS) is 17.6. The third-order valence-electron chi connectivity index (χ3n) is 4.65. The summed E-state index contributed by atoms with van der Waals surface area (Å²) in [6.07, 6.45) is 2.66. The molecule has 2 aromatic rings. The van der Waals surface area contributed by atoms with Crippen LogP contribution in [-0.2, 0) is 11.3 Å². The van der Waals surface area contributed by atoms with Gasteiger partial charge < -0.3 is 14.6 Å². The number of likely N-dealkylation sites (tertiary alicyclic amines) is 1. The van der Waals surface area contributed by atoms with Gasteiger partial charge in [0, 0.05) is 31.1 Å². The Morgan fingerprint density at radius 1 is 1.44 bits per heavy atom. The first-order chi connectivity index (χ1) is 12.2. The number of nitrogens with zero attached hydrogens (tertiary/aromatic N) is 2. The van der Waals surface area contributed by atoms with Crippen LogP contribution in [0.2, 0.25) is 0 Å². The quantitative estimate of drug-likeness (QED) is 0.837. The van der Waals surface area contributed by atoms with Crippen LogP contribution in [0.1, 0.15) is 42.3 Å². The molecule has 1 aliphatic rings. The Morgan fingerprint density at radius 3 is 3.04 bits per heavy atom. The summed E-state index contributed by atoms with van der Waals surface area (Å²) in [7, 11) is 1.64. The molecular weight excluding hydrogens is 318 g/mol. The van der Waals surface area contributed by atoms with Gasteiger partial charge in [0.25, 0.3) is 0 Å². The highest BCUT2D eigenvalue weighted by Crippen LogP contribution is 2.31. The molecule has 1 aromatic heterocycles. The fraction of sp³-hybridized carbons (Fsp3) is 0.474. The first-order valence-corrected chi connectivity index (χ1v) is 8.73. The SMILES string of the molecule is COc1ccccc1CNC(=O)CCN1CCC[C@@H]1c1cc(C)on1. The number of carbonyl (C=O) groups excluding carboxylic acids is 1. The number of aromatic nitrogens is 1. The average molecular weight is 343 g/mol. The molecule has 0 unspecified atom stereocenters. The molecule has 1 amide bonds. The Kier molecular flexibility index (Phi) is 5.71. The van der Waals surface area contributed by atoms with Crippen LogP contribution >= 0.6 is 0 Å². The molecule has 1 saturated heterocycles. The smallest absolute Gasteiger partial charge is 0.221 e. The zero-order valence-corrected chi connectivity index (χ0v) is 14.8. The summed E-state index contributed by atoms with van der Waals surface area (Å²) in [5.41, 5.74) is 1.96. The van der Waals surface area contributed by atoms with Crippen LogP contribution in [0.5, 0.6) is 5.75 Å². The number of nitrogens with one attached hydrogen (secondary N) is 1. The van der Waals surface area contributed by atoms with Crippen LogP contribution in [0, 0.1) is 6.92 Å². The van der Waals surface area contributed by atoms with Crippen molar-refractivity contribution in [3.63, 3.8) is 0 Å². The van der Waals surface area contributed by atoms with Crippen molar-refractivity contribution in [1.29, 1.82) is 0 Å². The molecule has 25 heavy (non-hydrogen) atoms. The lowest BCUT2D eigenvalue weighted by atomic mass is 10.1. The lowest BCUT2D eigenvalue weighted by Crippen LogP contribution is -2.30. The number of hydrogen-bond acceptors (Lipinski definition) is 5. The molecule has 3 rings (SSSR count). The predicted octanol–water partition coefficient (Wildman–Crippen LogP) is 2.84. The maximum absolute atomic E-state index is 12.2. The molecule has 1 N–H and O–H groups in total. The fourth-order valence-electron chi connectivity index (χ4n) is 3.35. The standard InChI is InChI=1S/C19H25N3O3/c1-14-12-16(21-25-14)17-7-5-10-22(17)11-9-19(23)20-13-15-6-3-4-8-18(15)24-2/h3-4,6,8,12,17H,5,7,9-11,13H2,1-2H3,(H,20,23)/t17-/m1/s1. The predicted molar refractivity (Wildman–Crippen MR) is 94.2 cm³/mol. The van der Waals surface area contributed by atoms with Gasteiger partial charge in [-0.15, -0.1) is 0 Å². The molecule has 0 bridgehead atoms. The molecule has 0 spiro atoms. The van der Waals surface area contributed by atoms with Crippen molar-refractivity contribution in [3.05, 3.63) is 47.3 Å². The molecule has 0 aliphatic carbocycles. The van der Waals surface area contributed by atoms with Gasteiger partial charge in [-0.2, -0.15) is 0 Å². The Bertz CT molecular complexity index is 713. The maximum atomic E-state index is 12.2. The van der Waals surface area contributed by atoms with Gasteiger partial charge in [-0.1, -0.05) is 23.4 Å². The maximum Gasteiger partial charge on any atom is 0.221 e. The Labute approximate surface area is 148 Å². The number of aryl methyl sites for hydroxylation is 1. The number of carbonyl (C=O) groups is 1. The van der Waals surface area contributed by atoms with E-state index >= 15 is 0 Å².